The second kappa shape index (κ2) is 5.52. The summed E-state index contributed by atoms with van der Waals surface area (Å²) in [5.74, 6) is 0.545. The smallest absolute Gasteiger partial charge is 0.0959 e. The third-order valence-corrected chi connectivity index (χ3v) is 3.09. The highest BCUT2D eigenvalue weighted by molar-refractivity contribution is 6.17. The van der Waals surface area contributed by atoms with Gasteiger partial charge in [-0.1, -0.05) is 0 Å². The minimum absolute atomic E-state index is 0.545. The molecule has 0 saturated heterocycles. The molecule has 0 N–H and O–H groups in total. The standard InChI is InChI=1S/C13H17ClN2O/c1-10-7-12-13(8-11(10)2)16(9-15-12)4-6-17-5-3-14/h7-9H,3-6H2,1-2H3. The van der Waals surface area contributed by atoms with Crippen LogP contribution in [-0.4, -0.2) is 28.6 Å². The zero-order valence-corrected chi connectivity index (χ0v) is 11.0. The summed E-state index contributed by atoms with van der Waals surface area (Å²) in [6, 6.07) is 4.31. The first-order valence-corrected chi connectivity index (χ1v) is 6.31. The number of hydrogen-bond donors (Lipinski definition) is 0. The number of alkyl halides is 1. The highest BCUT2D eigenvalue weighted by Crippen LogP contribution is 2.18. The van der Waals surface area contributed by atoms with Crippen molar-refractivity contribution in [3.63, 3.8) is 0 Å². The third-order valence-electron chi connectivity index (χ3n) is 2.93. The first-order chi connectivity index (χ1) is 8.22. The average molecular weight is 253 g/mol. The van der Waals surface area contributed by atoms with Crippen molar-refractivity contribution in [3.05, 3.63) is 29.6 Å². The molecule has 1 aromatic carbocycles. The summed E-state index contributed by atoms with van der Waals surface area (Å²) >= 11 is 5.55. The third kappa shape index (κ3) is 2.79. The van der Waals surface area contributed by atoms with Crippen LogP contribution in [0, 0.1) is 13.8 Å². The maximum absolute atomic E-state index is 5.55. The summed E-state index contributed by atoms with van der Waals surface area (Å²) in [5, 5.41) is 0. The Morgan fingerprint density at radius 2 is 2.00 bits per heavy atom. The van der Waals surface area contributed by atoms with E-state index in [1.807, 2.05) is 6.33 Å². The molecule has 1 aromatic heterocycles. The van der Waals surface area contributed by atoms with Crippen LogP contribution in [0.1, 0.15) is 11.1 Å². The lowest BCUT2D eigenvalue weighted by atomic mass is 10.1. The number of nitrogens with zero attached hydrogens (tertiary/aromatic N) is 2. The van der Waals surface area contributed by atoms with Crippen LogP contribution in [0.15, 0.2) is 18.5 Å². The summed E-state index contributed by atoms with van der Waals surface area (Å²) in [4.78, 5) is 4.40. The molecule has 0 fully saturated rings. The predicted octanol–water partition coefficient (Wildman–Crippen LogP) is 2.91. The number of benzene rings is 1. The van der Waals surface area contributed by atoms with Gasteiger partial charge >= 0.3 is 0 Å². The molecule has 0 aliphatic carbocycles. The molecule has 0 aliphatic heterocycles. The van der Waals surface area contributed by atoms with Crippen molar-refractivity contribution in [1.29, 1.82) is 0 Å². The molecule has 0 aliphatic rings. The Morgan fingerprint density at radius 1 is 1.24 bits per heavy atom. The van der Waals surface area contributed by atoms with Gasteiger partial charge in [0.25, 0.3) is 0 Å². The number of aromatic nitrogens is 2. The summed E-state index contributed by atoms with van der Waals surface area (Å²) in [6.45, 7) is 6.32. The van der Waals surface area contributed by atoms with Gasteiger partial charge in [-0.25, -0.2) is 4.98 Å². The van der Waals surface area contributed by atoms with Crippen molar-refractivity contribution in [1.82, 2.24) is 9.55 Å². The van der Waals surface area contributed by atoms with Gasteiger partial charge in [0.15, 0.2) is 0 Å². The molecule has 0 amide bonds. The van der Waals surface area contributed by atoms with E-state index in [0.29, 0.717) is 19.1 Å². The zero-order chi connectivity index (χ0) is 12.3. The van der Waals surface area contributed by atoms with Gasteiger partial charge < -0.3 is 9.30 Å². The number of halogens is 1. The number of rotatable bonds is 5. The molecule has 3 nitrogen and oxygen atoms in total. The molecular weight excluding hydrogens is 236 g/mol. The monoisotopic (exact) mass is 252 g/mol. The normalized spacial score (nSPS) is 11.2. The van der Waals surface area contributed by atoms with Crippen LogP contribution in [0.5, 0.6) is 0 Å². The Labute approximate surface area is 106 Å². The molecule has 2 rings (SSSR count). The second-order valence-electron chi connectivity index (χ2n) is 4.16. The van der Waals surface area contributed by atoms with Gasteiger partial charge in [-0.3, -0.25) is 0 Å². The molecule has 0 radical (unpaired) electrons. The quantitative estimate of drug-likeness (QED) is 0.604. The summed E-state index contributed by atoms with van der Waals surface area (Å²) in [7, 11) is 0. The van der Waals surface area contributed by atoms with Crippen molar-refractivity contribution < 1.29 is 4.74 Å². The van der Waals surface area contributed by atoms with Crippen LogP contribution < -0.4 is 0 Å². The van der Waals surface area contributed by atoms with Gasteiger partial charge in [0, 0.05) is 12.4 Å². The lowest BCUT2D eigenvalue weighted by Crippen LogP contribution is -2.06. The van der Waals surface area contributed by atoms with E-state index in [1.54, 1.807) is 0 Å². The molecule has 92 valence electrons. The highest BCUT2D eigenvalue weighted by Gasteiger charge is 2.04. The fourth-order valence-electron chi connectivity index (χ4n) is 1.81. The van der Waals surface area contributed by atoms with Gasteiger partial charge in [-0.15, -0.1) is 11.6 Å². The fraction of sp³-hybridized carbons (Fsp3) is 0.462. The van der Waals surface area contributed by atoms with E-state index in [1.165, 1.54) is 16.6 Å². The van der Waals surface area contributed by atoms with Crippen LogP contribution in [0.2, 0.25) is 0 Å². The molecular formula is C13H17ClN2O. The number of aryl methyl sites for hydroxylation is 2. The molecule has 2 aromatic rings. The van der Waals surface area contributed by atoms with Crippen LogP contribution in [-0.2, 0) is 11.3 Å². The molecule has 17 heavy (non-hydrogen) atoms. The summed E-state index contributed by atoms with van der Waals surface area (Å²) < 4.78 is 7.50. The van der Waals surface area contributed by atoms with Crippen molar-refractivity contribution in [2.24, 2.45) is 0 Å². The fourth-order valence-corrected chi connectivity index (χ4v) is 1.92. The molecule has 0 bridgehead atoms. The largest absolute Gasteiger partial charge is 0.378 e. The number of ether oxygens (including phenoxy) is 1. The number of hydrogen-bond acceptors (Lipinski definition) is 2. The maximum Gasteiger partial charge on any atom is 0.0959 e. The minimum Gasteiger partial charge on any atom is -0.378 e. The molecule has 0 unspecified atom stereocenters. The van der Waals surface area contributed by atoms with E-state index < -0.39 is 0 Å². The minimum atomic E-state index is 0.545. The van der Waals surface area contributed by atoms with Gasteiger partial charge in [-0.2, -0.15) is 0 Å². The SMILES string of the molecule is Cc1cc2ncn(CCOCCCl)c2cc1C. The Morgan fingerprint density at radius 3 is 2.76 bits per heavy atom. The van der Waals surface area contributed by atoms with Gasteiger partial charge in [-0.05, 0) is 37.1 Å². The zero-order valence-electron chi connectivity index (χ0n) is 10.2. The van der Waals surface area contributed by atoms with Crippen LogP contribution in [0.3, 0.4) is 0 Å². The Bertz CT molecular complexity index is 507. The number of imidazole rings is 1. The van der Waals surface area contributed by atoms with Crippen molar-refractivity contribution >= 4 is 22.6 Å². The molecule has 1 heterocycles. The topological polar surface area (TPSA) is 27.1 Å². The van der Waals surface area contributed by atoms with Crippen molar-refractivity contribution in [2.75, 3.05) is 19.1 Å². The lowest BCUT2D eigenvalue weighted by molar-refractivity contribution is 0.141. The number of fused-ring (bicyclic) bond motifs is 1. The first kappa shape index (κ1) is 12.4. The van der Waals surface area contributed by atoms with E-state index in [4.69, 9.17) is 16.3 Å². The summed E-state index contributed by atoms with van der Waals surface area (Å²) in [5.41, 5.74) is 4.79. The van der Waals surface area contributed by atoms with Gasteiger partial charge in [0.05, 0.1) is 30.6 Å². The van der Waals surface area contributed by atoms with E-state index in [0.717, 1.165) is 12.1 Å². The van der Waals surface area contributed by atoms with Crippen molar-refractivity contribution in [3.8, 4) is 0 Å². The molecule has 4 heteroatoms. The highest BCUT2D eigenvalue weighted by atomic mass is 35.5. The molecule has 0 spiro atoms. The lowest BCUT2D eigenvalue weighted by Gasteiger charge is -2.06. The van der Waals surface area contributed by atoms with E-state index in [-0.39, 0.29) is 0 Å². The first-order valence-electron chi connectivity index (χ1n) is 5.78. The molecule has 0 atom stereocenters. The summed E-state index contributed by atoms with van der Waals surface area (Å²) in [6.07, 6.45) is 1.87. The Hall–Kier alpha value is -1.06. The van der Waals surface area contributed by atoms with Gasteiger partial charge in [0.2, 0.25) is 0 Å². The Balaban J connectivity index is 2.15. The van der Waals surface area contributed by atoms with Gasteiger partial charge in [0.1, 0.15) is 0 Å². The van der Waals surface area contributed by atoms with E-state index in [2.05, 4.69) is 35.5 Å². The van der Waals surface area contributed by atoms with Crippen LogP contribution in [0.4, 0.5) is 0 Å². The van der Waals surface area contributed by atoms with E-state index in [9.17, 15) is 0 Å². The molecule has 0 saturated carbocycles. The second-order valence-corrected chi connectivity index (χ2v) is 4.54. The van der Waals surface area contributed by atoms with E-state index >= 15 is 0 Å². The predicted molar refractivity (Wildman–Crippen MR) is 70.7 cm³/mol. The van der Waals surface area contributed by atoms with Crippen molar-refractivity contribution in [2.45, 2.75) is 20.4 Å². The average Bonchev–Trinajstić information content (AvgIpc) is 2.68. The maximum atomic E-state index is 5.55. The van der Waals surface area contributed by atoms with Crippen LogP contribution in [0.25, 0.3) is 11.0 Å². The Kier molecular flexibility index (Phi) is 4.02. The van der Waals surface area contributed by atoms with Crippen LogP contribution >= 0.6 is 11.6 Å².